The minimum Gasteiger partial charge on any atom is -0.300 e. The Kier molecular flexibility index (Phi) is 4.87. The summed E-state index contributed by atoms with van der Waals surface area (Å²) < 4.78 is 0. The normalized spacial score (nSPS) is 16.6. The fourth-order valence-electron chi connectivity index (χ4n) is 3.47. The van der Waals surface area contributed by atoms with Gasteiger partial charge < -0.3 is 0 Å². The Morgan fingerprint density at radius 1 is 0.960 bits per heavy atom. The van der Waals surface area contributed by atoms with Crippen LogP contribution < -0.4 is 0 Å². The van der Waals surface area contributed by atoms with E-state index < -0.39 is 22.4 Å². The van der Waals surface area contributed by atoms with E-state index in [9.17, 15) is 14.4 Å². The average Bonchev–Trinajstić information content (AvgIpc) is 2.83. The molecule has 25 heavy (non-hydrogen) atoms. The van der Waals surface area contributed by atoms with E-state index in [0.29, 0.717) is 17.5 Å². The summed E-state index contributed by atoms with van der Waals surface area (Å²) in [4.78, 5) is 36.6. The molecule has 0 fully saturated rings. The van der Waals surface area contributed by atoms with Gasteiger partial charge in [-0.05, 0) is 12.0 Å². The second kappa shape index (κ2) is 6.93. The molecular weight excluding hydrogens is 336 g/mol. The molecular formula is C21H19ClO3. The third kappa shape index (κ3) is 2.93. The summed E-state index contributed by atoms with van der Waals surface area (Å²) >= 11 is 6.73. The zero-order chi connectivity index (χ0) is 18.0. The first kappa shape index (κ1) is 17.6. The van der Waals surface area contributed by atoms with Crippen molar-refractivity contribution >= 4 is 29.0 Å². The fourth-order valence-corrected chi connectivity index (χ4v) is 3.88. The SMILES string of the molecule is CCCC(=O)C[C@@H](c1ccccc1)C1(Cl)C(=O)c2ccccc2C1=O. The predicted molar refractivity (Wildman–Crippen MR) is 97.4 cm³/mol. The summed E-state index contributed by atoms with van der Waals surface area (Å²) in [7, 11) is 0. The molecule has 3 nitrogen and oxygen atoms in total. The van der Waals surface area contributed by atoms with Gasteiger partial charge in [-0.15, -0.1) is 11.6 Å². The van der Waals surface area contributed by atoms with E-state index in [4.69, 9.17) is 11.6 Å². The van der Waals surface area contributed by atoms with Gasteiger partial charge in [-0.2, -0.15) is 0 Å². The van der Waals surface area contributed by atoms with Crippen molar-refractivity contribution in [2.75, 3.05) is 0 Å². The number of hydrogen-bond donors (Lipinski definition) is 0. The molecule has 0 aromatic heterocycles. The van der Waals surface area contributed by atoms with Crippen molar-refractivity contribution in [2.45, 2.75) is 37.0 Å². The van der Waals surface area contributed by atoms with Crippen LogP contribution in [0.4, 0.5) is 0 Å². The van der Waals surface area contributed by atoms with Gasteiger partial charge in [0.1, 0.15) is 5.78 Å². The number of ketones is 3. The Morgan fingerprint density at radius 3 is 2.00 bits per heavy atom. The number of Topliss-reactive ketones (excluding diaryl/α,β-unsaturated/α-hetero) is 3. The van der Waals surface area contributed by atoms with Crippen LogP contribution in [-0.4, -0.2) is 22.2 Å². The number of hydrogen-bond acceptors (Lipinski definition) is 3. The van der Waals surface area contributed by atoms with E-state index in [0.717, 1.165) is 12.0 Å². The van der Waals surface area contributed by atoms with Crippen molar-refractivity contribution in [3.8, 4) is 0 Å². The molecule has 1 aliphatic rings. The van der Waals surface area contributed by atoms with Gasteiger partial charge >= 0.3 is 0 Å². The van der Waals surface area contributed by atoms with E-state index in [1.54, 1.807) is 24.3 Å². The zero-order valence-corrected chi connectivity index (χ0v) is 14.8. The lowest BCUT2D eigenvalue weighted by atomic mass is 9.78. The van der Waals surface area contributed by atoms with Gasteiger partial charge in [-0.25, -0.2) is 0 Å². The maximum absolute atomic E-state index is 13.0. The second-order valence-electron chi connectivity index (χ2n) is 6.37. The van der Waals surface area contributed by atoms with Crippen molar-refractivity contribution in [2.24, 2.45) is 0 Å². The molecule has 3 rings (SSSR count). The van der Waals surface area contributed by atoms with Crippen LogP contribution in [0.25, 0.3) is 0 Å². The molecule has 0 spiro atoms. The van der Waals surface area contributed by atoms with Crippen molar-refractivity contribution in [1.29, 1.82) is 0 Å². The number of benzene rings is 2. The van der Waals surface area contributed by atoms with Crippen LogP contribution in [0, 0.1) is 0 Å². The number of fused-ring (bicyclic) bond motifs is 1. The standard InChI is InChI=1S/C21H19ClO3/c1-2-8-15(23)13-18(14-9-4-3-5-10-14)21(22)19(24)16-11-6-7-12-17(16)20(21)25/h3-7,9-12,18H,2,8,13H2,1H3/t18-/m0/s1. The lowest BCUT2D eigenvalue weighted by Gasteiger charge is -2.29. The molecule has 2 aromatic rings. The molecule has 0 radical (unpaired) electrons. The molecule has 1 aliphatic carbocycles. The first-order valence-electron chi connectivity index (χ1n) is 8.44. The molecule has 2 aromatic carbocycles. The van der Waals surface area contributed by atoms with E-state index >= 15 is 0 Å². The Hall–Kier alpha value is -2.26. The van der Waals surface area contributed by atoms with E-state index in [1.807, 2.05) is 37.3 Å². The smallest absolute Gasteiger partial charge is 0.193 e. The lowest BCUT2D eigenvalue weighted by molar-refractivity contribution is -0.119. The number of rotatable bonds is 6. The molecule has 0 bridgehead atoms. The zero-order valence-electron chi connectivity index (χ0n) is 14.0. The number of carbonyl (C=O) groups is 3. The molecule has 4 heteroatoms. The highest BCUT2D eigenvalue weighted by Crippen LogP contribution is 2.46. The molecule has 0 N–H and O–H groups in total. The molecule has 0 amide bonds. The first-order chi connectivity index (χ1) is 12.0. The highest BCUT2D eigenvalue weighted by atomic mass is 35.5. The maximum Gasteiger partial charge on any atom is 0.193 e. The van der Waals surface area contributed by atoms with Gasteiger partial charge in [-0.1, -0.05) is 61.5 Å². The predicted octanol–water partition coefficient (Wildman–Crippen LogP) is 4.59. The van der Waals surface area contributed by atoms with Crippen molar-refractivity contribution < 1.29 is 14.4 Å². The Morgan fingerprint density at radius 2 is 1.48 bits per heavy atom. The van der Waals surface area contributed by atoms with Crippen LogP contribution in [0.5, 0.6) is 0 Å². The van der Waals surface area contributed by atoms with Crippen molar-refractivity contribution in [1.82, 2.24) is 0 Å². The summed E-state index contributed by atoms with van der Waals surface area (Å²) in [6.45, 7) is 1.92. The third-order valence-corrected chi connectivity index (χ3v) is 5.33. The minimum absolute atomic E-state index is 0.00735. The van der Waals surface area contributed by atoms with Gasteiger partial charge in [0.05, 0.1) is 0 Å². The maximum atomic E-state index is 13.0. The number of carbonyl (C=O) groups excluding carboxylic acids is 3. The molecule has 0 saturated carbocycles. The van der Waals surface area contributed by atoms with Crippen LogP contribution in [0.3, 0.4) is 0 Å². The van der Waals surface area contributed by atoms with E-state index in [-0.39, 0.29) is 12.2 Å². The molecule has 0 unspecified atom stereocenters. The van der Waals surface area contributed by atoms with Gasteiger partial charge in [0, 0.05) is 29.9 Å². The first-order valence-corrected chi connectivity index (χ1v) is 8.82. The van der Waals surface area contributed by atoms with Gasteiger partial charge in [-0.3, -0.25) is 14.4 Å². The van der Waals surface area contributed by atoms with Gasteiger partial charge in [0.25, 0.3) is 0 Å². The number of alkyl halides is 1. The van der Waals surface area contributed by atoms with Crippen LogP contribution >= 0.6 is 11.6 Å². The highest BCUT2D eigenvalue weighted by Gasteiger charge is 2.57. The number of halogens is 1. The fraction of sp³-hybridized carbons (Fsp3) is 0.286. The molecule has 1 atom stereocenters. The Balaban J connectivity index is 2.08. The second-order valence-corrected chi connectivity index (χ2v) is 6.97. The third-order valence-electron chi connectivity index (χ3n) is 4.72. The summed E-state index contributed by atoms with van der Waals surface area (Å²) in [5.74, 6) is -1.49. The van der Waals surface area contributed by atoms with Crippen LogP contribution in [0.2, 0.25) is 0 Å². The van der Waals surface area contributed by atoms with E-state index in [2.05, 4.69) is 0 Å². The lowest BCUT2D eigenvalue weighted by Crippen LogP contribution is -2.42. The quantitative estimate of drug-likeness (QED) is 0.563. The van der Waals surface area contributed by atoms with Crippen LogP contribution in [0.1, 0.15) is 58.4 Å². The average molecular weight is 355 g/mol. The summed E-state index contributed by atoms with van der Waals surface area (Å²) in [6, 6.07) is 15.8. The molecule has 0 heterocycles. The van der Waals surface area contributed by atoms with Crippen LogP contribution in [-0.2, 0) is 4.79 Å². The summed E-state index contributed by atoms with van der Waals surface area (Å²) in [5, 5.41) is 0. The highest BCUT2D eigenvalue weighted by molar-refractivity contribution is 6.55. The van der Waals surface area contributed by atoms with Crippen molar-refractivity contribution in [3.63, 3.8) is 0 Å². The van der Waals surface area contributed by atoms with Crippen LogP contribution in [0.15, 0.2) is 54.6 Å². The van der Waals surface area contributed by atoms with Crippen molar-refractivity contribution in [3.05, 3.63) is 71.3 Å². The topological polar surface area (TPSA) is 51.2 Å². The minimum atomic E-state index is -1.76. The largest absolute Gasteiger partial charge is 0.300 e. The monoisotopic (exact) mass is 354 g/mol. The Labute approximate surface area is 152 Å². The summed E-state index contributed by atoms with van der Waals surface area (Å²) in [6.07, 6.45) is 1.20. The van der Waals surface area contributed by atoms with Gasteiger partial charge in [0.2, 0.25) is 0 Å². The van der Waals surface area contributed by atoms with E-state index in [1.165, 1.54) is 0 Å². The molecule has 0 saturated heterocycles. The summed E-state index contributed by atoms with van der Waals surface area (Å²) in [5.41, 5.74) is 1.41. The van der Waals surface area contributed by atoms with Gasteiger partial charge in [0.15, 0.2) is 16.4 Å². The molecule has 0 aliphatic heterocycles. The Bertz CT molecular complexity index is 791. The molecule has 128 valence electrons.